The van der Waals surface area contributed by atoms with Crippen molar-refractivity contribution < 1.29 is 13.2 Å². The molecular weight excluding hydrogens is 276 g/mol. The third-order valence-electron chi connectivity index (χ3n) is 3.48. The molecule has 20 heavy (non-hydrogen) atoms. The molecule has 0 spiro atoms. The predicted molar refractivity (Wildman–Crippen MR) is 78.1 cm³/mol. The summed E-state index contributed by atoms with van der Waals surface area (Å²) in [4.78, 5) is 11.7. The summed E-state index contributed by atoms with van der Waals surface area (Å²) in [6.45, 7) is 4.68. The van der Waals surface area contributed by atoms with Gasteiger partial charge in [0.1, 0.15) is 0 Å². The van der Waals surface area contributed by atoms with Gasteiger partial charge in [-0.1, -0.05) is 13.0 Å². The second-order valence-electron chi connectivity index (χ2n) is 4.99. The van der Waals surface area contributed by atoms with E-state index in [2.05, 4.69) is 5.32 Å². The summed E-state index contributed by atoms with van der Waals surface area (Å²) < 4.78 is 26.7. The summed E-state index contributed by atoms with van der Waals surface area (Å²) in [7, 11) is -3.45. The number of nitrogens with zero attached hydrogens (tertiary/aromatic N) is 1. The van der Waals surface area contributed by atoms with Crippen molar-refractivity contribution in [1.29, 1.82) is 0 Å². The van der Waals surface area contributed by atoms with Gasteiger partial charge in [0.15, 0.2) is 0 Å². The van der Waals surface area contributed by atoms with E-state index < -0.39 is 10.0 Å². The maximum absolute atomic E-state index is 12.6. The molecule has 2 rings (SSSR count). The summed E-state index contributed by atoms with van der Waals surface area (Å²) in [5, 5.41) is 2.70. The van der Waals surface area contributed by atoms with Gasteiger partial charge in [-0.25, -0.2) is 8.42 Å². The highest BCUT2D eigenvalue weighted by Crippen LogP contribution is 2.26. The van der Waals surface area contributed by atoms with E-state index in [9.17, 15) is 13.2 Å². The van der Waals surface area contributed by atoms with Crippen molar-refractivity contribution in [2.75, 3.05) is 18.4 Å². The monoisotopic (exact) mass is 296 g/mol. The highest BCUT2D eigenvalue weighted by Gasteiger charge is 2.28. The van der Waals surface area contributed by atoms with Gasteiger partial charge in [-0.3, -0.25) is 4.79 Å². The number of carbonyl (C=O) groups is 1. The number of hydrogen-bond acceptors (Lipinski definition) is 3. The second-order valence-corrected chi connectivity index (χ2v) is 6.90. The molecular formula is C14H20N2O3S. The van der Waals surface area contributed by atoms with Crippen LogP contribution in [0, 0.1) is 6.92 Å². The summed E-state index contributed by atoms with van der Waals surface area (Å²) in [5.41, 5.74) is 1.23. The van der Waals surface area contributed by atoms with Gasteiger partial charge in [0.2, 0.25) is 15.9 Å². The molecule has 0 bridgehead atoms. The Bertz CT molecular complexity index is 605. The van der Waals surface area contributed by atoms with Gasteiger partial charge >= 0.3 is 0 Å². The van der Waals surface area contributed by atoms with E-state index in [1.807, 2.05) is 0 Å². The molecule has 0 unspecified atom stereocenters. The summed E-state index contributed by atoms with van der Waals surface area (Å²) in [6, 6.07) is 5.01. The van der Waals surface area contributed by atoms with Gasteiger partial charge in [0.25, 0.3) is 0 Å². The Hall–Kier alpha value is -1.40. The van der Waals surface area contributed by atoms with E-state index in [-0.39, 0.29) is 10.8 Å². The van der Waals surface area contributed by atoms with Crippen LogP contribution in [0.25, 0.3) is 0 Å². The molecule has 110 valence electrons. The van der Waals surface area contributed by atoms with Crippen LogP contribution in [0.5, 0.6) is 0 Å². The third-order valence-corrected chi connectivity index (χ3v) is 5.52. The van der Waals surface area contributed by atoms with Gasteiger partial charge in [0.05, 0.1) is 4.90 Å². The van der Waals surface area contributed by atoms with Gasteiger partial charge < -0.3 is 5.32 Å². The van der Waals surface area contributed by atoms with Crippen molar-refractivity contribution in [3.05, 3.63) is 23.8 Å². The molecule has 1 saturated heterocycles. The largest absolute Gasteiger partial charge is 0.326 e. The van der Waals surface area contributed by atoms with Gasteiger partial charge in [-0.15, -0.1) is 0 Å². The van der Waals surface area contributed by atoms with Gasteiger partial charge in [-0.2, -0.15) is 4.31 Å². The second kappa shape index (κ2) is 5.93. The van der Waals surface area contributed by atoms with Crippen LogP contribution in [-0.2, 0) is 14.8 Å². The first-order chi connectivity index (χ1) is 9.45. The Labute approximate surface area is 120 Å². The molecule has 1 heterocycles. The molecule has 1 aliphatic rings. The van der Waals surface area contributed by atoms with Crippen molar-refractivity contribution in [3.63, 3.8) is 0 Å². The molecule has 1 fully saturated rings. The number of aryl methyl sites for hydroxylation is 1. The first kappa shape index (κ1) is 15.0. The number of hydrogen-bond donors (Lipinski definition) is 1. The van der Waals surface area contributed by atoms with E-state index in [0.717, 1.165) is 12.8 Å². The molecule has 5 nitrogen and oxygen atoms in total. The number of sulfonamides is 1. The topological polar surface area (TPSA) is 66.5 Å². The molecule has 1 aliphatic heterocycles. The Kier molecular flexibility index (Phi) is 4.45. The van der Waals surface area contributed by atoms with Gasteiger partial charge in [0, 0.05) is 25.2 Å². The lowest BCUT2D eigenvalue weighted by atomic mass is 10.2. The quantitative estimate of drug-likeness (QED) is 0.925. The summed E-state index contributed by atoms with van der Waals surface area (Å²) >= 11 is 0. The highest BCUT2D eigenvalue weighted by atomic mass is 32.2. The van der Waals surface area contributed by atoms with Crippen molar-refractivity contribution >= 4 is 21.6 Å². The smallest absolute Gasteiger partial charge is 0.243 e. The lowest BCUT2D eigenvalue weighted by molar-refractivity contribution is -0.115. The molecule has 1 aromatic rings. The van der Waals surface area contributed by atoms with Crippen molar-refractivity contribution in [1.82, 2.24) is 4.31 Å². The molecule has 1 N–H and O–H groups in total. The minimum absolute atomic E-state index is 0.127. The molecule has 0 atom stereocenters. The van der Waals surface area contributed by atoms with Crippen LogP contribution in [0.2, 0.25) is 0 Å². The van der Waals surface area contributed by atoms with Crippen LogP contribution in [0.4, 0.5) is 5.69 Å². The number of nitrogens with one attached hydrogen (secondary N) is 1. The van der Waals surface area contributed by atoms with E-state index >= 15 is 0 Å². The minimum Gasteiger partial charge on any atom is -0.326 e. The molecule has 1 amide bonds. The lowest BCUT2D eigenvalue weighted by Crippen LogP contribution is -2.28. The van der Waals surface area contributed by atoms with E-state index in [1.165, 1.54) is 4.31 Å². The van der Waals surface area contributed by atoms with E-state index in [0.29, 0.717) is 30.8 Å². The van der Waals surface area contributed by atoms with Gasteiger partial charge in [-0.05, 0) is 37.5 Å². The Balaban J connectivity index is 2.35. The highest BCUT2D eigenvalue weighted by molar-refractivity contribution is 7.89. The van der Waals surface area contributed by atoms with Crippen LogP contribution in [0.1, 0.15) is 31.7 Å². The third kappa shape index (κ3) is 3.02. The number of amides is 1. The van der Waals surface area contributed by atoms with Crippen LogP contribution in [-0.4, -0.2) is 31.7 Å². The number of anilines is 1. The number of rotatable bonds is 4. The van der Waals surface area contributed by atoms with Crippen LogP contribution in [0.3, 0.4) is 0 Å². The predicted octanol–water partition coefficient (Wildman–Crippen LogP) is 2.13. The maximum atomic E-state index is 12.6. The van der Waals surface area contributed by atoms with Crippen molar-refractivity contribution in [2.24, 2.45) is 0 Å². The summed E-state index contributed by atoms with van der Waals surface area (Å²) in [6.07, 6.45) is 2.18. The van der Waals surface area contributed by atoms with Crippen LogP contribution in [0.15, 0.2) is 23.1 Å². The molecule has 6 heteroatoms. The zero-order valence-electron chi connectivity index (χ0n) is 11.8. The lowest BCUT2D eigenvalue weighted by Gasteiger charge is -2.18. The average Bonchev–Trinajstić information content (AvgIpc) is 2.95. The zero-order chi connectivity index (χ0) is 14.8. The fraction of sp³-hybridized carbons (Fsp3) is 0.500. The first-order valence-corrected chi connectivity index (χ1v) is 8.30. The molecule has 0 aromatic heterocycles. The SMILES string of the molecule is CCC(=O)Nc1ccc(C)c(S(=O)(=O)N2CCCC2)c1. The Morgan fingerprint density at radius 1 is 1.30 bits per heavy atom. The fourth-order valence-corrected chi connectivity index (χ4v) is 4.04. The minimum atomic E-state index is -3.45. The first-order valence-electron chi connectivity index (χ1n) is 6.86. The standard InChI is InChI=1S/C14H20N2O3S/c1-3-14(17)15-12-7-6-11(2)13(10-12)20(18,19)16-8-4-5-9-16/h6-7,10H,3-5,8-9H2,1-2H3,(H,15,17). The molecule has 0 aliphatic carbocycles. The Morgan fingerprint density at radius 3 is 2.55 bits per heavy atom. The Morgan fingerprint density at radius 2 is 1.95 bits per heavy atom. The van der Waals surface area contributed by atoms with Crippen molar-refractivity contribution in [3.8, 4) is 0 Å². The molecule has 0 saturated carbocycles. The van der Waals surface area contributed by atoms with Crippen molar-refractivity contribution in [2.45, 2.75) is 38.0 Å². The van der Waals surface area contributed by atoms with Crippen LogP contribution >= 0.6 is 0 Å². The normalized spacial score (nSPS) is 16.3. The average molecular weight is 296 g/mol. The maximum Gasteiger partial charge on any atom is 0.243 e. The molecule has 1 aromatic carbocycles. The number of carbonyl (C=O) groups excluding carboxylic acids is 1. The number of benzene rings is 1. The van der Waals surface area contributed by atoms with E-state index in [1.54, 1.807) is 32.0 Å². The summed E-state index contributed by atoms with van der Waals surface area (Å²) in [5.74, 6) is -0.127. The van der Waals surface area contributed by atoms with E-state index in [4.69, 9.17) is 0 Å². The fourth-order valence-electron chi connectivity index (χ4n) is 2.27. The van der Waals surface area contributed by atoms with Crippen LogP contribution < -0.4 is 5.32 Å². The zero-order valence-corrected chi connectivity index (χ0v) is 12.7. The molecule has 0 radical (unpaired) electrons.